The normalized spacial score (nSPS) is 10.3. The molecule has 0 aliphatic heterocycles. The second kappa shape index (κ2) is 5.88. The molecule has 0 radical (unpaired) electrons. The predicted molar refractivity (Wildman–Crippen MR) is 73.4 cm³/mol. The molecule has 0 heterocycles. The van der Waals surface area contributed by atoms with Crippen molar-refractivity contribution in [2.75, 3.05) is 5.73 Å². The van der Waals surface area contributed by atoms with E-state index in [-0.39, 0.29) is 17.7 Å². The quantitative estimate of drug-likeness (QED) is 0.855. The largest absolute Gasteiger partial charge is 0.399 e. The van der Waals surface area contributed by atoms with E-state index in [0.717, 1.165) is 12.1 Å². The molecule has 2 rings (SSSR count). The summed E-state index contributed by atoms with van der Waals surface area (Å²) < 4.78 is 26.1. The van der Waals surface area contributed by atoms with E-state index in [1.165, 1.54) is 24.3 Å². The maximum Gasteiger partial charge on any atom is 0.251 e. The van der Waals surface area contributed by atoms with Crippen molar-refractivity contribution in [1.82, 2.24) is 5.32 Å². The number of nitrogens with one attached hydrogen (secondary N) is 1. The first-order valence-electron chi connectivity index (χ1n) is 5.74. The fourth-order valence-corrected chi connectivity index (χ4v) is 1.93. The zero-order valence-corrected chi connectivity index (χ0v) is 11.0. The van der Waals surface area contributed by atoms with Gasteiger partial charge in [0.05, 0.1) is 0 Å². The van der Waals surface area contributed by atoms with Gasteiger partial charge in [-0.3, -0.25) is 4.79 Å². The number of hydrogen-bond acceptors (Lipinski definition) is 2. The van der Waals surface area contributed by atoms with Crippen LogP contribution in [0.15, 0.2) is 36.4 Å². The van der Waals surface area contributed by atoms with Crippen LogP contribution < -0.4 is 11.1 Å². The number of amides is 1. The molecule has 0 aliphatic rings. The van der Waals surface area contributed by atoms with Gasteiger partial charge in [-0.2, -0.15) is 0 Å². The van der Waals surface area contributed by atoms with Crippen molar-refractivity contribution in [1.29, 1.82) is 0 Å². The Morgan fingerprint density at radius 2 is 1.95 bits per heavy atom. The monoisotopic (exact) mass is 296 g/mol. The summed E-state index contributed by atoms with van der Waals surface area (Å²) in [5.74, 6) is -1.82. The minimum Gasteiger partial charge on any atom is -0.399 e. The van der Waals surface area contributed by atoms with Gasteiger partial charge in [0, 0.05) is 34.4 Å². The van der Waals surface area contributed by atoms with Crippen molar-refractivity contribution in [2.45, 2.75) is 6.54 Å². The van der Waals surface area contributed by atoms with Gasteiger partial charge in [-0.15, -0.1) is 0 Å². The molecule has 0 saturated heterocycles. The van der Waals surface area contributed by atoms with Gasteiger partial charge in [-0.1, -0.05) is 17.7 Å². The van der Waals surface area contributed by atoms with Gasteiger partial charge >= 0.3 is 0 Å². The van der Waals surface area contributed by atoms with Gasteiger partial charge in [0.15, 0.2) is 0 Å². The molecular formula is C14H11ClF2N2O. The van der Waals surface area contributed by atoms with Crippen LogP contribution in [0.4, 0.5) is 14.5 Å². The molecule has 0 fully saturated rings. The second-order valence-electron chi connectivity index (χ2n) is 4.19. The van der Waals surface area contributed by atoms with Crippen molar-refractivity contribution in [2.24, 2.45) is 0 Å². The smallest absolute Gasteiger partial charge is 0.251 e. The van der Waals surface area contributed by atoms with Crippen LogP contribution >= 0.6 is 11.6 Å². The molecule has 0 unspecified atom stereocenters. The lowest BCUT2D eigenvalue weighted by Crippen LogP contribution is -2.23. The van der Waals surface area contributed by atoms with Gasteiger partial charge in [0.25, 0.3) is 5.91 Å². The fraction of sp³-hybridized carbons (Fsp3) is 0.0714. The van der Waals surface area contributed by atoms with E-state index in [9.17, 15) is 13.6 Å². The Kier molecular flexibility index (Phi) is 4.20. The lowest BCUT2D eigenvalue weighted by atomic mass is 10.1. The van der Waals surface area contributed by atoms with Gasteiger partial charge in [0.2, 0.25) is 0 Å². The van der Waals surface area contributed by atoms with E-state index < -0.39 is 17.5 Å². The van der Waals surface area contributed by atoms with Gasteiger partial charge in [-0.05, 0) is 24.3 Å². The molecule has 0 aromatic heterocycles. The summed E-state index contributed by atoms with van der Waals surface area (Å²) in [6.07, 6.45) is 0. The Bertz CT molecular complexity index is 641. The highest BCUT2D eigenvalue weighted by atomic mass is 35.5. The third-order valence-electron chi connectivity index (χ3n) is 2.64. The third-order valence-corrected chi connectivity index (χ3v) is 2.86. The van der Waals surface area contributed by atoms with Crippen molar-refractivity contribution in [3.05, 3.63) is 64.2 Å². The maximum absolute atomic E-state index is 13.4. The van der Waals surface area contributed by atoms with Crippen LogP contribution in [0.3, 0.4) is 0 Å². The van der Waals surface area contributed by atoms with E-state index in [2.05, 4.69) is 5.32 Å². The number of nitrogen functional groups attached to an aromatic ring is 1. The highest BCUT2D eigenvalue weighted by Gasteiger charge is 2.09. The van der Waals surface area contributed by atoms with Crippen LogP contribution in [-0.4, -0.2) is 5.91 Å². The Labute approximate surface area is 119 Å². The third kappa shape index (κ3) is 3.45. The minimum absolute atomic E-state index is 0.0582. The number of benzene rings is 2. The highest BCUT2D eigenvalue weighted by Crippen LogP contribution is 2.17. The Balaban J connectivity index is 2.08. The first-order valence-corrected chi connectivity index (χ1v) is 6.11. The number of rotatable bonds is 3. The molecule has 6 heteroatoms. The molecular weight excluding hydrogens is 286 g/mol. The number of carbonyl (C=O) groups excluding carboxylic acids is 1. The predicted octanol–water partition coefficient (Wildman–Crippen LogP) is 3.13. The molecule has 3 nitrogen and oxygen atoms in total. The van der Waals surface area contributed by atoms with Gasteiger partial charge in [0.1, 0.15) is 11.6 Å². The Hall–Kier alpha value is -2.14. The standard InChI is InChI=1S/C14H11ClF2N2O/c15-10-3-9(4-12(18)5-10)14(20)19-7-8-1-2-11(16)6-13(8)17/h1-6H,7,18H2,(H,19,20). The van der Waals surface area contributed by atoms with Crippen LogP contribution in [0.5, 0.6) is 0 Å². The summed E-state index contributed by atoms with van der Waals surface area (Å²) in [4.78, 5) is 11.9. The van der Waals surface area contributed by atoms with Crippen LogP contribution in [0.25, 0.3) is 0 Å². The highest BCUT2D eigenvalue weighted by molar-refractivity contribution is 6.31. The number of carbonyl (C=O) groups is 1. The van der Waals surface area contributed by atoms with E-state index in [1.807, 2.05) is 0 Å². The van der Waals surface area contributed by atoms with Crippen molar-refractivity contribution in [3.63, 3.8) is 0 Å². The maximum atomic E-state index is 13.4. The topological polar surface area (TPSA) is 55.1 Å². The fourth-order valence-electron chi connectivity index (χ4n) is 1.69. The van der Waals surface area contributed by atoms with E-state index in [1.54, 1.807) is 0 Å². The molecule has 104 valence electrons. The minimum atomic E-state index is -0.712. The molecule has 0 bridgehead atoms. The number of anilines is 1. The van der Waals surface area contributed by atoms with Crippen molar-refractivity contribution >= 4 is 23.2 Å². The first kappa shape index (κ1) is 14.3. The Morgan fingerprint density at radius 3 is 2.60 bits per heavy atom. The van der Waals surface area contributed by atoms with Crippen molar-refractivity contribution < 1.29 is 13.6 Å². The Morgan fingerprint density at radius 1 is 1.20 bits per heavy atom. The summed E-state index contributed by atoms with van der Waals surface area (Å²) in [6, 6.07) is 7.59. The van der Waals surface area contributed by atoms with Crippen LogP contribution in [-0.2, 0) is 6.54 Å². The van der Waals surface area contributed by atoms with E-state index in [4.69, 9.17) is 17.3 Å². The van der Waals surface area contributed by atoms with Crippen LogP contribution in [0, 0.1) is 11.6 Å². The zero-order valence-electron chi connectivity index (χ0n) is 10.3. The molecule has 2 aromatic rings. The van der Waals surface area contributed by atoms with Crippen LogP contribution in [0.1, 0.15) is 15.9 Å². The number of halogens is 3. The lowest BCUT2D eigenvalue weighted by Gasteiger charge is -2.07. The molecule has 0 saturated carbocycles. The van der Waals surface area contributed by atoms with Gasteiger partial charge in [-0.25, -0.2) is 8.78 Å². The van der Waals surface area contributed by atoms with E-state index in [0.29, 0.717) is 10.7 Å². The zero-order chi connectivity index (χ0) is 14.7. The summed E-state index contributed by atoms with van der Waals surface area (Å²) >= 11 is 5.79. The number of hydrogen-bond donors (Lipinski definition) is 2. The second-order valence-corrected chi connectivity index (χ2v) is 4.63. The summed E-state index contributed by atoms with van der Waals surface area (Å²) in [5.41, 5.74) is 6.40. The molecule has 1 amide bonds. The van der Waals surface area contributed by atoms with Crippen molar-refractivity contribution in [3.8, 4) is 0 Å². The molecule has 0 atom stereocenters. The average molecular weight is 297 g/mol. The van der Waals surface area contributed by atoms with Gasteiger partial charge < -0.3 is 11.1 Å². The molecule has 3 N–H and O–H groups in total. The average Bonchev–Trinajstić information content (AvgIpc) is 2.36. The summed E-state index contributed by atoms with van der Waals surface area (Å²) in [5, 5.41) is 2.85. The molecule has 20 heavy (non-hydrogen) atoms. The number of nitrogens with two attached hydrogens (primary N) is 1. The SMILES string of the molecule is Nc1cc(Cl)cc(C(=O)NCc2ccc(F)cc2F)c1. The van der Waals surface area contributed by atoms with Crippen LogP contribution in [0.2, 0.25) is 5.02 Å². The lowest BCUT2D eigenvalue weighted by molar-refractivity contribution is 0.0950. The molecule has 2 aromatic carbocycles. The molecule has 0 spiro atoms. The summed E-state index contributed by atoms with van der Waals surface area (Å²) in [7, 11) is 0. The first-order chi connectivity index (χ1) is 9.45. The summed E-state index contributed by atoms with van der Waals surface area (Å²) in [6.45, 7) is -0.0582. The van der Waals surface area contributed by atoms with E-state index >= 15 is 0 Å². The molecule has 0 aliphatic carbocycles.